The summed E-state index contributed by atoms with van der Waals surface area (Å²) >= 11 is 0. The van der Waals surface area contributed by atoms with E-state index in [-0.39, 0.29) is 41.8 Å². The van der Waals surface area contributed by atoms with Gasteiger partial charge in [0.1, 0.15) is 29.6 Å². The van der Waals surface area contributed by atoms with Gasteiger partial charge in [0.25, 0.3) is 0 Å². The molecule has 2 aromatic heterocycles. The first-order valence-corrected chi connectivity index (χ1v) is 11.9. The van der Waals surface area contributed by atoms with Gasteiger partial charge in [-0.3, -0.25) is 4.90 Å². The van der Waals surface area contributed by atoms with Crippen molar-refractivity contribution in [1.29, 1.82) is 5.26 Å². The van der Waals surface area contributed by atoms with Gasteiger partial charge in [0, 0.05) is 25.2 Å². The maximum absolute atomic E-state index is 13.1. The predicted molar refractivity (Wildman–Crippen MR) is 127 cm³/mol. The second-order valence-electron chi connectivity index (χ2n) is 9.14. The van der Waals surface area contributed by atoms with E-state index in [1.165, 1.54) is 6.07 Å². The van der Waals surface area contributed by atoms with Crippen molar-refractivity contribution in [3.05, 3.63) is 63.6 Å². The fraction of sp³-hybridized carbons (Fsp3) is 0.423. The Bertz CT molecular complexity index is 1380. The van der Waals surface area contributed by atoms with Crippen molar-refractivity contribution >= 4 is 16.8 Å². The summed E-state index contributed by atoms with van der Waals surface area (Å²) in [5.74, 6) is 0.0967. The van der Waals surface area contributed by atoms with Crippen LogP contribution in [0.1, 0.15) is 49.6 Å². The van der Waals surface area contributed by atoms with Crippen LogP contribution in [0.3, 0.4) is 0 Å². The average Bonchev–Trinajstić information content (AvgIpc) is 2.88. The van der Waals surface area contributed by atoms with Crippen LogP contribution in [0.25, 0.3) is 11.1 Å². The molecule has 3 atom stereocenters. The fourth-order valence-corrected chi connectivity index (χ4v) is 5.37. The van der Waals surface area contributed by atoms with Gasteiger partial charge in [-0.2, -0.15) is 18.4 Å². The molecule has 2 aliphatic heterocycles. The largest absolute Gasteiger partial charge is 0.483 e. The van der Waals surface area contributed by atoms with E-state index in [9.17, 15) is 23.2 Å². The van der Waals surface area contributed by atoms with Gasteiger partial charge >= 0.3 is 11.8 Å². The van der Waals surface area contributed by atoms with E-state index in [0.717, 1.165) is 30.5 Å². The summed E-state index contributed by atoms with van der Waals surface area (Å²) in [6.07, 6.45) is -2.85. The number of hydrogen-bond acceptors (Lipinski definition) is 7. The van der Waals surface area contributed by atoms with Gasteiger partial charge in [-0.25, -0.2) is 9.78 Å². The van der Waals surface area contributed by atoms with E-state index in [1.807, 2.05) is 13.0 Å². The van der Waals surface area contributed by atoms with Gasteiger partial charge in [-0.05, 0) is 42.7 Å². The first kappa shape index (κ1) is 24.1. The number of piperazine rings is 1. The van der Waals surface area contributed by atoms with Gasteiger partial charge in [-0.15, -0.1) is 0 Å². The van der Waals surface area contributed by atoms with Gasteiger partial charge in [0.2, 0.25) is 5.75 Å². The molecule has 0 bridgehead atoms. The number of halogens is 3. The summed E-state index contributed by atoms with van der Waals surface area (Å²) in [5, 5.41) is 9.34. The lowest BCUT2D eigenvalue weighted by molar-refractivity contribution is -0.137. The second-order valence-corrected chi connectivity index (χ2v) is 9.14. The van der Waals surface area contributed by atoms with Gasteiger partial charge in [0.05, 0.1) is 11.6 Å². The lowest BCUT2D eigenvalue weighted by atomic mass is 9.94. The Kier molecular flexibility index (Phi) is 6.12. The molecule has 0 spiro atoms. The van der Waals surface area contributed by atoms with Gasteiger partial charge in [-0.1, -0.05) is 26.0 Å². The number of nitriles is 1. The molecule has 2 aliphatic rings. The summed E-state index contributed by atoms with van der Waals surface area (Å²) in [4.78, 5) is 21.5. The minimum Gasteiger partial charge on any atom is -0.483 e. The third kappa shape index (κ3) is 4.07. The van der Waals surface area contributed by atoms with Crippen LogP contribution in [-0.4, -0.2) is 41.7 Å². The van der Waals surface area contributed by atoms with Crippen molar-refractivity contribution in [2.24, 2.45) is 0 Å². The normalized spacial score (nSPS) is 20.8. The number of anilines is 1. The maximum atomic E-state index is 13.1. The number of aromatic nitrogens is 1. The molecule has 7 nitrogen and oxygen atoms in total. The molecule has 36 heavy (non-hydrogen) atoms. The van der Waals surface area contributed by atoms with E-state index in [4.69, 9.17) is 9.15 Å². The lowest BCUT2D eigenvalue weighted by Gasteiger charge is -2.51. The quantitative estimate of drug-likeness (QED) is 0.507. The number of ether oxygens (including phenoxy) is 1. The molecule has 1 unspecified atom stereocenters. The van der Waals surface area contributed by atoms with Crippen molar-refractivity contribution < 1.29 is 22.3 Å². The number of pyridine rings is 1. The Morgan fingerprint density at radius 1 is 1.17 bits per heavy atom. The molecule has 5 rings (SSSR count). The molecular weight excluding hydrogens is 473 g/mol. The smallest absolute Gasteiger partial charge is 0.416 e. The summed E-state index contributed by atoms with van der Waals surface area (Å²) in [7, 11) is 0. The molecule has 0 aliphatic carbocycles. The number of alkyl halides is 3. The number of rotatable bonds is 4. The molecule has 1 saturated heterocycles. The molecular formula is C26H25F3N4O3. The zero-order valence-electron chi connectivity index (χ0n) is 19.9. The number of fused-ring (bicyclic) bond motifs is 5. The highest BCUT2D eigenvalue weighted by molar-refractivity contribution is 5.91. The molecule has 10 heteroatoms. The highest BCUT2D eigenvalue weighted by Crippen LogP contribution is 2.41. The second kappa shape index (κ2) is 9.13. The maximum Gasteiger partial charge on any atom is 0.416 e. The molecule has 0 saturated carbocycles. The predicted octanol–water partition coefficient (Wildman–Crippen LogP) is 4.89. The average molecular weight is 499 g/mol. The van der Waals surface area contributed by atoms with Crippen molar-refractivity contribution in [2.75, 3.05) is 24.6 Å². The number of nitrogens with zero attached hydrogens (tertiary/aromatic N) is 4. The van der Waals surface area contributed by atoms with Crippen LogP contribution < -0.4 is 15.3 Å². The lowest BCUT2D eigenvalue weighted by Crippen LogP contribution is -2.62. The fourth-order valence-electron chi connectivity index (χ4n) is 5.37. The summed E-state index contributed by atoms with van der Waals surface area (Å²) in [6, 6.07) is 10.4. The minimum atomic E-state index is -4.38. The van der Waals surface area contributed by atoms with Crippen LogP contribution in [-0.2, 0) is 6.18 Å². The number of benzene rings is 1. The monoisotopic (exact) mass is 498 g/mol. The molecule has 1 fully saturated rings. The van der Waals surface area contributed by atoms with Crippen molar-refractivity contribution in [3.63, 3.8) is 0 Å². The molecule has 0 N–H and O–H groups in total. The van der Waals surface area contributed by atoms with E-state index >= 15 is 0 Å². The Morgan fingerprint density at radius 3 is 2.56 bits per heavy atom. The van der Waals surface area contributed by atoms with Crippen LogP contribution >= 0.6 is 0 Å². The third-order valence-electron chi connectivity index (χ3n) is 7.13. The zero-order valence-corrected chi connectivity index (χ0v) is 19.9. The van der Waals surface area contributed by atoms with E-state index < -0.39 is 17.4 Å². The molecule has 188 valence electrons. The summed E-state index contributed by atoms with van der Waals surface area (Å²) in [6.45, 7) is 5.53. The van der Waals surface area contributed by atoms with Crippen LogP contribution in [0, 0.1) is 11.3 Å². The van der Waals surface area contributed by atoms with Gasteiger partial charge < -0.3 is 14.1 Å². The summed E-state index contributed by atoms with van der Waals surface area (Å²) < 4.78 is 50.5. The zero-order chi connectivity index (χ0) is 25.6. The Labute approximate surface area is 205 Å². The van der Waals surface area contributed by atoms with Crippen molar-refractivity contribution in [1.82, 2.24) is 9.88 Å². The molecule has 0 amide bonds. The third-order valence-corrected chi connectivity index (χ3v) is 7.13. The van der Waals surface area contributed by atoms with Crippen molar-refractivity contribution in [3.8, 4) is 11.8 Å². The van der Waals surface area contributed by atoms with Gasteiger partial charge in [0.15, 0.2) is 5.58 Å². The van der Waals surface area contributed by atoms with Crippen LogP contribution in [0.4, 0.5) is 18.9 Å². The highest BCUT2D eigenvalue weighted by Gasteiger charge is 2.42. The van der Waals surface area contributed by atoms with Crippen LogP contribution in [0.2, 0.25) is 0 Å². The highest BCUT2D eigenvalue weighted by atomic mass is 19.4. The van der Waals surface area contributed by atoms with E-state index in [2.05, 4.69) is 21.7 Å². The van der Waals surface area contributed by atoms with E-state index in [1.54, 1.807) is 18.2 Å². The number of hydrogen-bond donors (Lipinski definition) is 0. The first-order valence-electron chi connectivity index (χ1n) is 11.9. The molecule has 1 aromatic carbocycles. The Hall–Kier alpha value is -3.58. The van der Waals surface area contributed by atoms with Crippen LogP contribution in [0.15, 0.2) is 45.6 Å². The van der Waals surface area contributed by atoms with E-state index in [0.29, 0.717) is 24.3 Å². The molecule has 0 radical (unpaired) electrons. The molecule has 4 heterocycles. The topological polar surface area (TPSA) is 82.6 Å². The molecule has 3 aromatic rings. The van der Waals surface area contributed by atoms with Crippen LogP contribution in [0.5, 0.6) is 5.75 Å². The Morgan fingerprint density at radius 2 is 1.92 bits per heavy atom. The first-order chi connectivity index (χ1) is 17.2. The summed E-state index contributed by atoms with van der Waals surface area (Å²) in [5.41, 5.74) is 1.02. The van der Waals surface area contributed by atoms with Crippen molar-refractivity contribution in [2.45, 2.75) is 51.0 Å². The SMILES string of the molecule is CCC(c1ccc(C(F)(F)F)cc1)N1C[C@H]2COc3c(c4nc(C#N)ccc4oc3=O)N2C[C@H]1CC. The minimum absolute atomic E-state index is 0.0679. The standard InChI is InChI=1S/C26H25F3N4O3/c1-3-18-12-33-19(13-32(18)20(4-2)15-5-7-16(8-6-15)26(27,28)29)14-35-24-23(33)22-21(36-25(24)34)10-9-17(11-30)31-22/h5-10,18-20H,3-4,12-14H2,1-2H3/t18-,19+,20?/m1/s1. The Balaban J connectivity index is 1.51.